The largest absolute Gasteiger partial charge is 0.573 e. The average molecular weight is 384 g/mol. The topological polar surface area (TPSA) is 32.8 Å². The summed E-state index contributed by atoms with van der Waals surface area (Å²) in [4.78, 5) is 16.9. The van der Waals surface area contributed by atoms with Gasteiger partial charge in [-0.25, -0.2) is 0 Å². The van der Waals surface area contributed by atoms with Gasteiger partial charge in [0.25, 0.3) is 0 Å². The molecule has 3 rings (SSSR count). The smallest absolute Gasteiger partial charge is 0.406 e. The molecule has 0 spiro atoms. The second kappa shape index (κ2) is 8.78. The summed E-state index contributed by atoms with van der Waals surface area (Å²) < 4.78 is 40.4. The maximum Gasteiger partial charge on any atom is 0.573 e. The average Bonchev–Trinajstić information content (AvgIpc) is 3.09. The third kappa shape index (κ3) is 5.99. The van der Waals surface area contributed by atoms with Crippen LogP contribution in [0.4, 0.5) is 13.2 Å². The highest BCUT2D eigenvalue weighted by molar-refractivity contribution is 5.92. The fourth-order valence-electron chi connectivity index (χ4n) is 3.80. The molecule has 1 atom stereocenters. The normalized spacial score (nSPS) is 21.7. The van der Waals surface area contributed by atoms with Crippen LogP contribution in [0.15, 0.2) is 30.3 Å². The molecular weight excluding hydrogens is 359 g/mol. The molecule has 1 aromatic carbocycles. The van der Waals surface area contributed by atoms with E-state index < -0.39 is 6.36 Å². The first-order chi connectivity index (χ1) is 12.9. The second-order valence-electron chi connectivity index (χ2n) is 7.14. The number of halogens is 3. The summed E-state index contributed by atoms with van der Waals surface area (Å²) in [5.41, 5.74) is 0.657. The van der Waals surface area contributed by atoms with Crippen LogP contribution in [-0.4, -0.2) is 54.3 Å². The highest BCUT2D eigenvalue weighted by Gasteiger charge is 2.31. The molecule has 0 saturated carbocycles. The molecule has 0 bridgehead atoms. The van der Waals surface area contributed by atoms with Crippen LogP contribution in [0.25, 0.3) is 6.08 Å². The van der Waals surface area contributed by atoms with Crippen molar-refractivity contribution < 1.29 is 22.7 Å². The molecule has 2 aliphatic rings. The lowest BCUT2D eigenvalue weighted by atomic mass is 10.1. The van der Waals surface area contributed by atoms with E-state index in [4.69, 9.17) is 0 Å². The van der Waals surface area contributed by atoms with Crippen LogP contribution in [0.3, 0.4) is 0 Å². The lowest BCUT2D eigenvalue weighted by molar-refractivity contribution is -0.274. The predicted octanol–water partition coefficient (Wildman–Crippen LogP) is 4.08. The highest BCUT2D eigenvalue weighted by Crippen LogP contribution is 2.24. The number of nitrogens with zero attached hydrogens (tertiary/aromatic N) is 2. The van der Waals surface area contributed by atoms with E-state index in [1.807, 2.05) is 4.90 Å². The van der Waals surface area contributed by atoms with Gasteiger partial charge in [-0.3, -0.25) is 4.79 Å². The summed E-state index contributed by atoms with van der Waals surface area (Å²) in [7, 11) is 0. The molecule has 0 N–H and O–H groups in total. The fraction of sp³-hybridized carbons (Fsp3) is 0.550. The minimum Gasteiger partial charge on any atom is -0.406 e. The minimum absolute atomic E-state index is 0.0369. The standard InChI is InChI=1S/C20H25F3N2O2/c21-20(22,23)27-18-9-6-16(7-10-18)8-11-19(26)25-14-4-5-17(25)15-24-12-2-1-3-13-24/h6-11,17H,1-5,12-15H2/b11-8+/t17-/m0/s1/i11+2. The number of hydrogen-bond acceptors (Lipinski definition) is 3. The molecule has 1 amide bonds. The van der Waals surface area contributed by atoms with Gasteiger partial charge in [0.1, 0.15) is 5.75 Å². The predicted molar refractivity (Wildman–Crippen MR) is 97.2 cm³/mol. The van der Waals surface area contributed by atoms with Crippen LogP contribution in [0.2, 0.25) is 0 Å². The lowest BCUT2D eigenvalue weighted by Gasteiger charge is -2.32. The minimum atomic E-state index is -4.70. The number of carbonyl (C=O) groups is 1. The summed E-state index contributed by atoms with van der Waals surface area (Å²) in [5, 5.41) is 0. The first-order valence-electron chi connectivity index (χ1n) is 9.47. The van der Waals surface area contributed by atoms with E-state index in [-0.39, 0.29) is 17.7 Å². The molecule has 2 fully saturated rings. The molecule has 27 heavy (non-hydrogen) atoms. The Hall–Kier alpha value is -2.02. The van der Waals surface area contributed by atoms with Gasteiger partial charge in [0.05, 0.1) is 0 Å². The van der Waals surface area contributed by atoms with Crippen LogP contribution in [0, 0.1) is 0 Å². The van der Waals surface area contributed by atoms with Gasteiger partial charge >= 0.3 is 6.36 Å². The van der Waals surface area contributed by atoms with Gasteiger partial charge in [-0.05, 0) is 62.5 Å². The van der Waals surface area contributed by atoms with E-state index in [1.165, 1.54) is 49.6 Å². The van der Waals surface area contributed by atoms with Crippen molar-refractivity contribution in [3.63, 3.8) is 0 Å². The number of piperidine rings is 1. The summed E-state index contributed by atoms with van der Waals surface area (Å²) in [6.07, 6.45) is 4.24. The van der Waals surface area contributed by atoms with Crippen LogP contribution in [-0.2, 0) is 4.79 Å². The third-order valence-electron chi connectivity index (χ3n) is 5.11. The molecule has 0 aliphatic carbocycles. The zero-order valence-corrected chi connectivity index (χ0v) is 15.3. The molecule has 2 saturated heterocycles. The summed E-state index contributed by atoms with van der Waals surface area (Å²) in [6, 6.07) is 5.74. The van der Waals surface area contributed by atoms with Crippen molar-refractivity contribution in [2.24, 2.45) is 0 Å². The van der Waals surface area contributed by atoms with Crippen molar-refractivity contribution >= 4 is 12.0 Å². The van der Waals surface area contributed by atoms with Crippen molar-refractivity contribution in [3.05, 3.63) is 35.9 Å². The Kier molecular flexibility index (Phi) is 6.42. The molecular formula is C20H25F3N2O2. The number of amides is 1. The number of benzene rings is 1. The second-order valence-corrected chi connectivity index (χ2v) is 7.14. The summed E-state index contributed by atoms with van der Waals surface area (Å²) in [5.74, 6) is -0.308. The molecule has 1 aromatic rings. The van der Waals surface area contributed by atoms with Gasteiger partial charge < -0.3 is 14.5 Å². The molecule has 2 aliphatic heterocycles. The molecule has 4 nitrogen and oxygen atoms in total. The maximum absolute atomic E-state index is 12.6. The Morgan fingerprint density at radius 2 is 1.81 bits per heavy atom. The summed E-state index contributed by atoms with van der Waals surface area (Å²) >= 11 is 0. The van der Waals surface area contributed by atoms with E-state index in [9.17, 15) is 18.0 Å². The van der Waals surface area contributed by atoms with Gasteiger partial charge in [0.15, 0.2) is 0 Å². The molecule has 148 valence electrons. The van der Waals surface area contributed by atoms with Crippen LogP contribution >= 0.6 is 0 Å². The zero-order chi connectivity index (χ0) is 19.3. The molecule has 0 unspecified atom stereocenters. The number of ether oxygens (including phenoxy) is 1. The lowest BCUT2D eigenvalue weighted by Crippen LogP contribution is -2.44. The monoisotopic (exact) mass is 384 g/mol. The zero-order valence-electron chi connectivity index (χ0n) is 15.3. The van der Waals surface area contributed by atoms with E-state index >= 15 is 0 Å². The van der Waals surface area contributed by atoms with Gasteiger partial charge in [0.2, 0.25) is 5.91 Å². The highest BCUT2D eigenvalue weighted by atomic mass is 19.4. The Morgan fingerprint density at radius 1 is 1.11 bits per heavy atom. The number of alkyl halides is 3. The first-order valence-corrected chi connectivity index (χ1v) is 9.47. The molecule has 0 aromatic heterocycles. The van der Waals surface area contributed by atoms with E-state index in [1.54, 1.807) is 6.08 Å². The quantitative estimate of drug-likeness (QED) is 0.718. The van der Waals surface area contributed by atoms with Gasteiger partial charge in [-0.1, -0.05) is 18.6 Å². The number of carbonyl (C=O) groups excluding carboxylic acids is 1. The fourth-order valence-corrected chi connectivity index (χ4v) is 3.80. The van der Waals surface area contributed by atoms with E-state index in [0.29, 0.717) is 5.56 Å². The van der Waals surface area contributed by atoms with E-state index in [2.05, 4.69) is 9.64 Å². The Bertz CT molecular complexity index is 652. The molecule has 7 heteroatoms. The van der Waals surface area contributed by atoms with Crippen molar-refractivity contribution in [2.75, 3.05) is 26.2 Å². The van der Waals surface area contributed by atoms with E-state index in [0.717, 1.165) is 39.0 Å². The van der Waals surface area contributed by atoms with Gasteiger partial charge in [0, 0.05) is 25.2 Å². The Labute approximate surface area is 157 Å². The molecule has 2 heterocycles. The van der Waals surface area contributed by atoms with Crippen molar-refractivity contribution in [2.45, 2.75) is 44.5 Å². The SMILES string of the molecule is O=C(/[14CH]=C/c1ccc(OC(F)(F)F)cc1)N1CCC[C@H]1CN1CCCCC1. The third-order valence-corrected chi connectivity index (χ3v) is 5.11. The van der Waals surface area contributed by atoms with Crippen molar-refractivity contribution in [1.29, 1.82) is 0 Å². The van der Waals surface area contributed by atoms with Gasteiger partial charge in [-0.2, -0.15) is 0 Å². The van der Waals surface area contributed by atoms with Crippen LogP contribution in [0.5, 0.6) is 5.75 Å². The number of hydrogen-bond donors (Lipinski definition) is 0. The summed E-state index contributed by atoms with van der Waals surface area (Å²) in [6.45, 7) is 3.92. The van der Waals surface area contributed by atoms with Gasteiger partial charge in [-0.15, -0.1) is 13.2 Å². The Balaban J connectivity index is 1.55. The first kappa shape index (κ1) is 19.7. The maximum atomic E-state index is 12.6. The van der Waals surface area contributed by atoms with Crippen LogP contribution < -0.4 is 4.74 Å². The molecule has 0 radical (unpaired) electrons. The van der Waals surface area contributed by atoms with Crippen molar-refractivity contribution in [3.8, 4) is 5.75 Å². The van der Waals surface area contributed by atoms with Crippen molar-refractivity contribution in [1.82, 2.24) is 9.80 Å². The Morgan fingerprint density at radius 3 is 2.48 bits per heavy atom. The number of likely N-dealkylation sites (tertiary alicyclic amines) is 2. The number of rotatable bonds is 5. The van der Waals surface area contributed by atoms with Crippen LogP contribution in [0.1, 0.15) is 37.7 Å².